The van der Waals surface area contributed by atoms with E-state index in [1.807, 2.05) is 7.05 Å². The number of likely N-dealkylation sites (N-methyl/N-ethyl adjacent to an activating group) is 1. The lowest BCUT2D eigenvalue weighted by Crippen LogP contribution is -2.69. The van der Waals surface area contributed by atoms with Gasteiger partial charge in [0.25, 0.3) is 0 Å². The molecule has 0 aromatic carbocycles. The maximum atomic E-state index is 12.4. The molecule has 2 unspecified atom stereocenters. The number of hydrogen-bond acceptors (Lipinski definition) is 4. The fourth-order valence-electron chi connectivity index (χ4n) is 3.34. The summed E-state index contributed by atoms with van der Waals surface area (Å²) in [6, 6.07) is 0.146. The molecule has 21 heavy (non-hydrogen) atoms. The van der Waals surface area contributed by atoms with Crippen molar-refractivity contribution < 1.29 is 14.3 Å². The van der Waals surface area contributed by atoms with Crippen LogP contribution in [0.4, 0.5) is 0 Å². The molecule has 2 atom stereocenters. The number of carbonyl (C=O) groups is 2. The molecule has 2 rings (SSSR count). The van der Waals surface area contributed by atoms with Crippen molar-refractivity contribution in [3.05, 3.63) is 0 Å². The summed E-state index contributed by atoms with van der Waals surface area (Å²) < 4.78 is 5.61. The lowest BCUT2D eigenvalue weighted by atomic mass is 9.55. The molecule has 6 heteroatoms. The smallest absolute Gasteiger partial charge is 0.242 e. The van der Waals surface area contributed by atoms with E-state index in [4.69, 9.17) is 4.74 Å². The van der Waals surface area contributed by atoms with Gasteiger partial charge in [0, 0.05) is 38.7 Å². The Balaban J connectivity index is 1.96. The van der Waals surface area contributed by atoms with Gasteiger partial charge < -0.3 is 19.9 Å². The van der Waals surface area contributed by atoms with Gasteiger partial charge in [0.1, 0.15) is 0 Å². The van der Waals surface area contributed by atoms with Gasteiger partial charge in [0.05, 0.1) is 18.7 Å². The first-order chi connectivity index (χ1) is 9.73. The summed E-state index contributed by atoms with van der Waals surface area (Å²) in [4.78, 5) is 27.6. The predicted octanol–water partition coefficient (Wildman–Crippen LogP) is 0.0802. The molecular weight excluding hydrogens is 270 g/mol. The van der Waals surface area contributed by atoms with Crippen LogP contribution in [0.3, 0.4) is 0 Å². The molecule has 6 nitrogen and oxygen atoms in total. The van der Waals surface area contributed by atoms with Crippen molar-refractivity contribution in [2.75, 3.05) is 40.3 Å². The van der Waals surface area contributed by atoms with Crippen LogP contribution in [-0.4, -0.2) is 73.6 Å². The summed E-state index contributed by atoms with van der Waals surface area (Å²) in [5, 5.41) is 3.01. The monoisotopic (exact) mass is 297 g/mol. The molecule has 2 fully saturated rings. The summed E-state index contributed by atoms with van der Waals surface area (Å²) in [5.74, 6) is -0.000854. The van der Waals surface area contributed by atoms with Crippen LogP contribution < -0.4 is 5.32 Å². The van der Waals surface area contributed by atoms with Gasteiger partial charge in [-0.2, -0.15) is 0 Å². The van der Waals surface area contributed by atoms with E-state index in [2.05, 4.69) is 26.1 Å². The van der Waals surface area contributed by atoms with Crippen molar-refractivity contribution >= 4 is 11.8 Å². The van der Waals surface area contributed by atoms with E-state index < -0.39 is 0 Å². The van der Waals surface area contributed by atoms with Crippen molar-refractivity contribution in [2.24, 2.45) is 5.41 Å². The number of piperazine rings is 1. The second-order valence-corrected chi connectivity index (χ2v) is 6.87. The number of methoxy groups -OCH3 is 1. The quantitative estimate of drug-likeness (QED) is 0.798. The maximum absolute atomic E-state index is 12.4. The molecule has 1 saturated carbocycles. The minimum absolute atomic E-state index is 0.00137. The Kier molecular flexibility index (Phi) is 4.31. The summed E-state index contributed by atoms with van der Waals surface area (Å²) in [5.41, 5.74) is -0.295. The minimum atomic E-state index is -0.197. The van der Waals surface area contributed by atoms with Crippen LogP contribution in [0.15, 0.2) is 0 Å². The molecule has 2 aliphatic rings. The van der Waals surface area contributed by atoms with Gasteiger partial charge in [-0.1, -0.05) is 13.8 Å². The van der Waals surface area contributed by atoms with Gasteiger partial charge in [0.15, 0.2) is 0 Å². The highest BCUT2D eigenvalue weighted by molar-refractivity contribution is 5.86. The molecule has 1 aliphatic heterocycles. The van der Waals surface area contributed by atoms with E-state index in [-0.39, 0.29) is 35.4 Å². The Morgan fingerprint density at radius 2 is 2.14 bits per heavy atom. The molecule has 1 saturated heterocycles. The highest BCUT2D eigenvalue weighted by Crippen LogP contribution is 2.53. The zero-order valence-corrected chi connectivity index (χ0v) is 13.7. The van der Waals surface area contributed by atoms with Crippen molar-refractivity contribution in [1.29, 1.82) is 0 Å². The fourth-order valence-corrected chi connectivity index (χ4v) is 3.34. The second kappa shape index (κ2) is 5.57. The van der Waals surface area contributed by atoms with Crippen LogP contribution >= 0.6 is 0 Å². The fraction of sp³-hybridized carbons (Fsp3) is 0.867. The molecule has 1 N–H and O–H groups in total. The highest BCUT2D eigenvalue weighted by atomic mass is 16.5. The van der Waals surface area contributed by atoms with Crippen LogP contribution in [-0.2, 0) is 14.3 Å². The molecule has 120 valence electrons. The number of rotatable bonds is 4. The van der Waals surface area contributed by atoms with Crippen molar-refractivity contribution in [3.8, 4) is 0 Å². The highest BCUT2D eigenvalue weighted by Gasteiger charge is 2.59. The molecule has 2 amide bonds. The van der Waals surface area contributed by atoms with Gasteiger partial charge >= 0.3 is 0 Å². The predicted molar refractivity (Wildman–Crippen MR) is 79.8 cm³/mol. The summed E-state index contributed by atoms with van der Waals surface area (Å²) in [6.45, 7) is 8.19. The average molecular weight is 297 g/mol. The van der Waals surface area contributed by atoms with Gasteiger partial charge in [-0.3, -0.25) is 9.59 Å². The van der Waals surface area contributed by atoms with E-state index in [0.29, 0.717) is 13.1 Å². The number of nitrogens with one attached hydrogen (secondary N) is 1. The number of ether oxygens (including phenoxy) is 1. The Bertz CT molecular complexity index is 438. The standard InChI is InChI=1S/C15H27N3O3/c1-14(2)11(8-15(14,3)21-5)17(4)13(20)10-18-7-6-16-9-12(18)19/h11,16H,6-10H2,1-5H3. The third-order valence-corrected chi connectivity index (χ3v) is 5.60. The van der Waals surface area contributed by atoms with Gasteiger partial charge in [0.2, 0.25) is 11.8 Å². The van der Waals surface area contributed by atoms with Crippen LogP contribution in [0.1, 0.15) is 27.2 Å². The van der Waals surface area contributed by atoms with E-state index in [1.54, 1.807) is 16.9 Å². The lowest BCUT2D eigenvalue weighted by molar-refractivity contribution is -0.207. The average Bonchev–Trinajstić information content (AvgIpc) is 2.45. The first kappa shape index (κ1) is 16.2. The zero-order chi connectivity index (χ0) is 15.8. The first-order valence-electron chi connectivity index (χ1n) is 7.52. The largest absolute Gasteiger partial charge is 0.378 e. The van der Waals surface area contributed by atoms with Crippen LogP contribution in [0.2, 0.25) is 0 Å². The molecule has 0 spiro atoms. The number of carbonyl (C=O) groups excluding carboxylic acids is 2. The van der Waals surface area contributed by atoms with Crippen LogP contribution in [0.5, 0.6) is 0 Å². The molecular formula is C15H27N3O3. The Hall–Kier alpha value is -1.14. The number of amides is 2. The third-order valence-electron chi connectivity index (χ3n) is 5.60. The van der Waals surface area contributed by atoms with Crippen LogP contribution in [0, 0.1) is 5.41 Å². The first-order valence-corrected chi connectivity index (χ1v) is 7.52. The molecule has 1 heterocycles. The minimum Gasteiger partial charge on any atom is -0.378 e. The normalized spacial score (nSPS) is 31.8. The second-order valence-electron chi connectivity index (χ2n) is 6.87. The van der Waals surface area contributed by atoms with Gasteiger partial charge in [-0.05, 0) is 13.3 Å². The topological polar surface area (TPSA) is 61.9 Å². The van der Waals surface area contributed by atoms with Crippen molar-refractivity contribution in [1.82, 2.24) is 15.1 Å². The van der Waals surface area contributed by atoms with E-state index in [1.165, 1.54) is 0 Å². The molecule has 0 bridgehead atoms. The number of nitrogens with zero attached hydrogens (tertiary/aromatic N) is 2. The lowest BCUT2D eigenvalue weighted by Gasteiger charge is -2.61. The SMILES string of the molecule is COC1(C)CC(N(C)C(=O)CN2CCNCC2=O)C1(C)C. The Labute approximate surface area is 126 Å². The molecule has 1 aliphatic carbocycles. The molecule has 0 aromatic heterocycles. The summed E-state index contributed by atoms with van der Waals surface area (Å²) in [6.07, 6.45) is 0.828. The zero-order valence-electron chi connectivity index (χ0n) is 13.7. The van der Waals surface area contributed by atoms with Crippen molar-refractivity contribution in [2.45, 2.75) is 38.8 Å². The molecule has 0 aromatic rings. The Morgan fingerprint density at radius 3 is 2.67 bits per heavy atom. The van der Waals surface area contributed by atoms with Crippen LogP contribution in [0.25, 0.3) is 0 Å². The maximum Gasteiger partial charge on any atom is 0.242 e. The summed E-state index contributed by atoms with van der Waals surface area (Å²) in [7, 11) is 3.55. The van der Waals surface area contributed by atoms with E-state index >= 15 is 0 Å². The number of hydrogen-bond donors (Lipinski definition) is 1. The van der Waals surface area contributed by atoms with E-state index in [9.17, 15) is 9.59 Å². The van der Waals surface area contributed by atoms with Gasteiger partial charge in [-0.15, -0.1) is 0 Å². The third kappa shape index (κ3) is 2.66. The Morgan fingerprint density at radius 1 is 1.48 bits per heavy atom. The summed E-state index contributed by atoms with van der Waals surface area (Å²) >= 11 is 0. The molecule has 0 radical (unpaired) electrons. The van der Waals surface area contributed by atoms with Crippen molar-refractivity contribution in [3.63, 3.8) is 0 Å². The van der Waals surface area contributed by atoms with Gasteiger partial charge in [-0.25, -0.2) is 0 Å². The van der Waals surface area contributed by atoms with E-state index in [0.717, 1.165) is 13.0 Å².